The maximum atomic E-state index is 5.67. The molecule has 4 heteroatoms. The molecule has 82 valence electrons. The van der Waals surface area contributed by atoms with Gasteiger partial charge in [0.25, 0.3) is 0 Å². The Labute approximate surface area is 90.0 Å². The van der Waals surface area contributed by atoms with Gasteiger partial charge in [-0.2, -0.15) is 0 Å². The number of nitrogens with two attached hydrogens (primary N) is 1. The van der Waals surface area contributed by atoms with Crippen LogP contribution in [0.4, 0.5) is 11.5 Å². The maximum Gasteiger partial charge on any atom is 0.128 e. The van der Waals surface area contributed by atoms with Crippen molar-refractivity contribution in [2.45, 2.75) is 26.1 Å². The molecular weight excluding hydrogens is 190 g/mol. The number of aromatic nitrogens is 1. The Morgan fingerprint density at radius 3 is 2.53 bits per heavy atom. The number of rotatable bonds is 1. The van der Waals surface area contributed by atoms with Crippen LogP contribution in [0.25, 0.3) is 0 Å². The average molecular weight is 207 g/mol. The number of hydrogen-bond acceptors (Lipinski definition) is 4. The number of anilines is 2. The van der Waals surface area contributed by atoms with E-state index in [0.717, 1.165) is 18.9 Å². The second-order valence-electron chi connectivity index (χ2n) is 4.11. The first-order valence-electron chi connectivity index (χ1n) is 5.27. The van der Waals surface area contributed by atoms with Gasteiger partial charge in [-0.25, -0.2) is 4.98 Å². The van der Waals surface area contributed by atoms with E-state index in [1.165, 1.54) is 0 Å². The quantitative estimate of drug-likeness (QED) is 0.753. The lowest BCUT2D eigenvalue weighted by molar-refractivity contribution is -0.00545. The van der Waals surface area contributed by atoms with Crippen LogP contribution in [0.1, 0.15) is 13.8 Å². The summed E-state index contributed by atoms with van der Waals surface area (Å²) < 4.78 is 5.67. The van der Waals surface area contributed by atoms with Gasteiger partial charge in [0.2, 0.25) is 0 Å². The lowest BCUT2D eigenvalue weighted by Gasteiger charge is -2.36. The average Bonchev–Trinajstić information content (AvgIpc) is 2.17. The van der Waals surface area contributed by atoms with Crippen LogP contribution >= 0.6 is 0 Å². The summed E-state index contributed by atoms with van der Waals surface area (Å²) >= 11 is 0. The Kier molecular flexibility index (Phi) is 2.77. The Bertz CT molecular complexity index is 315. The molecule has 1 aromatic heterocycles. The predicted molar refractivity (Wildman–Crippen MR) is 60.9 cm³/mol. The first kappa shape index (κ1) is 10.2. The fraction of sp³-hybridized carbons (Fsp3) is 0.545. The highest BCUT2D eigenvalue weighted by atomic mass is 16.5. The summed E-state index contributed by atoms with van der Waals surface area (Å²) in [5.41, 5.74) is 6.31. The monoisotopic (exact) mass is 207 g/mol. The van der Waals surface area contributed by atoms with E-state index in [2.05, 4.69) is 23.7 Å². The Balaban J connectivity index is 2.12. The molecule has 2 atom stereocenters. The summed E-state index contributed by atoms with van der Waals surface area (Å²) in [5.74, 6) is 0.978. The molecule has 0 amide bonds. The third-order valence-corrected chi connectivity index (χ3v) is 2.51. The molecule has 2 rings (SSSR count). The predicted octanol–water partition coefficient (Wildman–Crippen LogP) is 1.28. The summed E-state index contributed by atoms with van der Waals surface area (Å²) in [5, 5.41) is 0. The standard InChI is InChI=1S/C11H17N3O/c1-8-6-14(7-9(2)15-8)11-4-3-10(12)5-13-11/h3-5,8-9H,6-7,12H2,1-2H3/t8-,9+. The molecule has 0 aliphatic carbocycles. The van der Waals surface area contributed by atoms with Gasteiger partial charge in [0, 0.05) is 13.1 Å². The van der Waals surface area contributed by atoms with Gasteiger partial charge >= 0.3 is 0 Å². The molecule has 1 aromatic rings. The molecule has 1 saturated heterocycles. The van der Waals surface area contributed by atoms with Crippen molar-refractivity contribution in [3.8, 4) is 0 Å². The number of hydrogen-bond donors (Lipinski definition) is 1. The van der Waals surface area contributed by atoms with Gasteiger partial charge < -0.3 is 15.4 Å². The summed E-state index contributed by atoms with van der Waals surface area (Å²) in [6.45, 7) is 5.95. The highest BCUT2D eigenvalue weighted by Crippen LogP contribution is 2.18. The number of ether oxygens (including phenoxy) is 1. The zero-order chi connectivity index (χ0) is 10.8. The van der Waals surface area contributed by atoms with Gasteiger partial charge in [-0.3, -0.25) is 0 Å². The van der Waals surface area contributed by atoms with Crippen LogP contribution in [-0.2, 0) is 4.74 Å². The topological polar surface area (TPSA) is 51.4 Å². The molecule has 15 heavy (non-hydrogen) atoms. The molecule has 0 radical (unpaired) electrons. The Morgan fingerprint density at radius 2 is 2.00 bits per heavy atom. The van der Waals surface area contributed by atoms with Crippen LogP contribution in [-0.4, -0.2) is 30.3 Å². The van der Waals surface area contributed by atoms with Crippen LogP contribution in [0.5, 0.6) is 0 Å². The fourth-order valence-corrected chi connectivity index (χ4v) is 1.95. The van der Waals surface area contributed by atoms with Crippen molar-refractivity contribution < 1.29 is 4.74 Å². The van der Waals surface area contributed by atoms with E-state index in [0.29, 0.717) is 5.69 Å². The molecular formula is C11H17N3O. The largest absolute Gasteiger partial charge is 0.397 e. The minimum atomic E-state index is 0.258. The number of morpholine rings is 1. The number of nitrogens with zero attached hydrogens (tertiary/aromatic N) is 2. The molecule has 1 aliphatic rings. The van der Waals surface area contributed by atoms with Gasteiger partial charge in [-0.05, 0) is 26.0 Å². The molecule has 1 fully saturated rings. The van der Waals surface area contributed by atoms with E-state index in [9.17, 15) is 0 Å². The summed E-state index contributed by atoms with van der Waals surface area (Å²) in [7, 11) is 0. The lowest BCUT2D eigenvalue weighted by Crippen LogP contribution is -2.45. The highest BCUT2D eigenvalue weighted by Gasteiger charge is 2.22. The van der Waals surface area contributed by atoms with E-state index < -0.39 is 0 Å². The Hall–Kier alpha value is -1.29. The summed E-state index contributed by atoms with van der Waals surface area (Å²) in [6, 6.07) is 3.84. The van der Waals surface area contributed by atoms with Gasteiger partial charge in [-0.15, -0.1) is 0 Å². The molecule has 0 unspecified atom stereocenters. The smallest absolute Gasteiger partial charge is 0.128 e. The van der Waals surface area contributed by atoms with Gasteiger partial charge in [-0.1, -0.05) is 0 Å². The molecule has 2 N–H and O–H groups in total. The first-order chi connectivity index (χ1) is 7.15. The molecule has 0 spiro atoms. The summed E-state index contributed by atoms with van der Waals surface area (Å²) in [4.78, 5) is 6.55. The molecule has 0 bridgehead atoms. The Morgan fingerprint density at radius 1 is 1.33 bits per heavy atom. The van der Waals surface area contributed by atoms with E-state index in [1.54, 1.807) is 6.20 Å². The van der Waals surface area contributed by atoms with Crippen molar-refractivity contribution in [2.24, 2.45) is 0 Å². The number of nitrogen functional groups attached to an aromatic ring is 1. The third kappa shape index (κ3) is 2.39. The fourth-order valence-electron chi connectivity index (χ4n) is 1.95. The second kappa shape index (κ2) is 4.06. The first-order valence-corrected chi connectivity index (χ1v) is 5.27. The molecule has 4 nitrogen and oxygen atoms in total. The van der Waals surface area contributed by atoms with Crippen molar-refractivity contribution in [3.63, 3.8) is 0 Å². The van der Waals surface area contributed by atoms with Crippen molar-refractivity contribution >= 4 is 11.5 Å². The van der Waals surface area contributed by atoms with E-state index in [1.807, 2.05) is 12.1 Å². The van der Waals surface area contributed by atoms with Crippen LogP contribution < -0.4 is 10.6 Å². The maximum absolute atomic E-state index is 5.67. The number of pyridine rings is 1. The molecule has 0 saturated carbocycles. The van der Waals surface area contributed by atoms with Crippen molar-refractivity contribution in [3.05, 3.63) is 18.3 Å². The van der Waals surface area contributed by atoms with Gasteiger partial charge in [0.05, 0.1) is 24.1 Å². The van der Waals surface area contributed by atoms with Crippen LogP contribution in [0.3, 0.4) is 0 Å². The van der Waals surface area contributed by atoms with Gasteiger partial charge in [0.1, 0.15) is 5.82 Å². The molecule has 2 heterocycles. The zero-order valence-corrected chi connectivity index (χ0v) is 9.18. The highest BCUT2D eigenvalue weighted by molar-refractivity contribution is 5.46. The van der Waals surface area contributed by atoms with Crippen LogP contribution in [0.15, 0.2) is 18.3 Å². The zero-order valence-electron chi connectivity index (χ0n) is 9.18. The van der Waals surface area contributed by atoms with E-state index in [-0.39, 0.29) is 12.2 Å². The molecule has 1 aliphatic heterocycles. The van der Waals surface area contributed by atoms with E-state index >= 15 is 0 Å². The lowest BCUT2D eigenvalue weighted by atomic mass is 10.2. The SMILES string of the molecule is C[C@@H]1CN(c2ccc(N)cn2)C[C@H](C)O1. The van der Waals surface area contributed by atoms with Crippen LogP contribution in [0, 0.1) is 0 Å². The summed E-state index contributed by atoms with van der Waals surface area (Å²) in [6.07, 6.45) is 2.21. The third-order valence-electron chi connectivity index (χ3n) is 2.51. The molecule has 0 aromatic carbocycles. The van der Waals surface area contributed by atoms with Crippen molar-refractivity contribution in [2.75, 3.05) is 23.7 Å². The van der Waals surface area contributed by atoms with Crippen LogP contribution in [0.2, 0.25) is 0 Å². The second-order valence-corrected chi connectivity index (χ2v) is 4.11. The van der Waals surface area contributed by atoms with E-state index in [4.69, 9.17) is 10.5 Å². The normalized spacial score (nSPS) is 26.7. The van der Waals surface area contributed by atoms with Gasteiger partial charge in [0.15, 0.2) is 0 Å². The minimum Gasteiger partial charge on any atom is -0.397 e. The minimum absolute atomic E-state index is 0.258. The van der Waals surface area contributed by atoms with Crippen molar-refractivity contribution in [1.82, 2.24) is 4.98 Å². The van der Waals surface area contributed by atoms with Crippen molar-refractivity contribution in [1.29, 1.82) is 0 Å².